The van der Waals surface area contributed by atoms with E-state index in [1.54, 1.807) is 5.57 Å². The van der Waals surface area contributed by atoms with Crippen molar-refractivity contribution in [3.63, 3.8) is 0 Å². The smallest absolute Gasteiger partial charge is 0.0225 e. The normalized spacial score (nSPS) is 23.9. The molecule has 1 fully saturated rings. The fourth-order valence-corrected chi connectivity index (χ4v) is 3.22. The molecule has 17 heavy (non-hydrogen) atoms. The van der Waals surface area contributed by atoms with E-state index in [4.69, 9.17) is 0 Å². The van der Waals surface area contributed by atoms with E-state index in [-0.39, 0.29) is 0 Å². The number of allylic oxidation sites excluding steroid dienone is 4. The van der Waals surface area contributed by atoms with E-state index < -0.39 is 0 Å². The number of hydrogen-bond acceptors (Lipinski definition) is 1. The summed E-state index contributed by atoms with van der Waals surface area (Å²) in [6.07, 6.45) is 11.0. The molecule has 1 unspecified atom stereocenters. The SMILES string of the molecule is CCC=C(C)CC/C=C(/C)CCC1SC1(C)C. The summed E-state index contributed by atoms with van der Waals surface area (Å²) in [7, 11) is 0. The molecule has 1 atom stereocenters. The molecule has 0 nitrogen and oxygen atoms in total. The zero-order chi connectivity index (χ0) is 12.9. The molecular weight excluding hydrogens is 224 g/mol. The van der Waals surface area contributed by atoms with Crippen molar-refractivity contribution in [1.29, 1.82) is 0 Å². The highest BCUT2D eigenvalue weighted by atomic mass is 32.2. The van der Waals surface area contributed by atoms with E-state index in [0.717, 1.165) is 5.25 Å². The Bertz CT molecular complexity index is 297. The molecule has 0 saturated carbocycles. The third kappa shape index (κ3) is 5.81. The molecule has 0 amide bonds. The van der Waals surface area contributed by atoms with Gasteiger partial charge in [-0.2, -0.15) is 0 Å². The second kappa shape index (κ2) is 6.68. The van der Waals surface area contributed by atoms with Gasteiger partial charge in [-0.05, 0) is 59.8 Å². The van der Waals surface area contributed by atoms with Crippen LogP contribution in [-0.4, -0.2) is 10.00 Å². The standard InChI is InChI=1S/C16H28S/c1-6-8-13(2)9-7-10-14(3)11-12-15-16(4,5)17-15/h8,10,15H,6-7,9,11-12H2,1-5H3/b13-8?,14-10-. The maximum absolute atomic E-state index is 2.44. The van der Waals surface area contributed by atoms with Crippen molar-refractivity contribution >= 4 is 11.8 Å². The molecule has 1 heteroatoms. The zero-order valence-corrected chi connectivity index (χ0v) is 13.0. The summed E-state index contributed by atoms with van der Waals surface area (Å²) in [6, 6.07) is 0. The molecule has 0 spiro atoms. The van der Waals surface area contributed by atoms with E-state index >= 15 is 0 Å². The summed E-state index contributed by atoms with van der Waals surface area (Å²) < 4.78 is 0.570. The molecule has 0 aromatic carbocycles. The van der Waals surface area contributed by atoms with E-state index in [2.05, 4.69) is 58.5 Å². The van der Waals surface area contributed by atoms with E-state index in [1.165, 1.54) is 37.7 Å². The third-order valence-electron chi connectivity index (χ3n) is 3.55. The van der Waals surface area contributed by atoms with Crippen molar-refractivity contribution in [1.82, 2.24) is 0 Å². The summed E-state index contributed by atoms with van der Waals surface area (Å²) in [5.41, 5.74) is 3.12. The minimum atomic E-state index is 0.570. The molecule has 1 rings (SSSR count). The fourth-order valence-electron chi connectivity index (χ4n) is 2.20. The molecule has 1 aliphatic rings. The Morgan fingerprint density at radius 3 is 2.24 bits per heavy atom. The van der Waals surface area contributed by atoms with Crippen LogP contribution in [0.4, 0.5) is 0 Å². The average molecular weight is 252 g/mol. The highest BCUT2D eigenvalue weighted by Gasteiger charge is 2.45. The maximum Gasteiger partial charge on any atom is 0.0225 e. The molecule has 0 N–H and O–H groups in total. The number of hydrogen-bond donors (Lipinski definition) is 0. The molecule has 98 valence electrons. The average Bonchev–Trinajstić information content (AvgIpc) is 2.84. The molecule has 0 radical (unpaired) electrons. The molecule has 1 saturated heterocycles. The Morgan fingerprint density at radius 1 is 1.12 bits per heavy atom. The van der Waals surface area contributed by atoms with Gasteiger partial charge >= 0.3 is 0 Å². The number of rotatable bonds is 7. The summed E-state index contributed by atoms with van der Waals surface area (Å²) in [5, 5.41) is 0.910. The topological polar surface area (TPSA) is 0 Å². The molecule has 1 heterocycles. The number of thioether (sulfide) groups is 1. The van der Waals surface area contributed by atoms with Crippen LogP contribution in [0.1, 0.15) is 66.7 Å². The van der Waals surface area contributed by atoms with Gasteiger partial charge in [-0.25, -0.2) is 0 Å². The van der Waals surface area contributed by atoms with Crippen molar-refractivity contribution in [2.45, 2.75) is 76.7 Å². The first-order valence-corrected chi connectivity index (χ1v) is 7.82. The first-order chi connectivity index (χ1) is 7.95. The maximum atomic E-state index is 2.44. The van der Waals surface area contributed by atoms with Gasteiger partial charge in [-0.15, -0.1) is 11.8 Å². The van der Waals surface area contributed by atoms with Crippen molar-refractivity contribution in [2.75, 3.05) is 0 Å². The van der Waals surface area contributed by atoms with Gasteiger partial charge in [-0.1, -0.05) is 30.2 Å². The predicted octanol–water partition coefficient (Wildman–Crippen LogP) is 5.74. The lowest BCUT2D eigenvalue weighted by atomic mass is 10.0. The Morgan fingerprint density at radius 2 is 1.71 bits per heavy atom. The Balaban J connectivity index is 2.15. The van der Waals surface area contributed by atoms with Crippen molar-refractivity contribution in [3.8, 4) is 0 Å². The highest BCUT2D eigenvalue weighted by Crippen LogP contribution is 2.55. The lowest BCUT2D eigenvalue weighted by molar-refractivity contribution is 0.696. The quantitative estimate of drug-likeness (QED) is 0.411. The molecule has 1 aliphatic heterocycles. The van der Waals surface area contributed by atoms with Crippen LogP contribution >= 0.6 is 11.8 Å². The van der Waals surface area contributed by atoms with E-state index in [0.29, 0.717) is 4.75 Å². The minimum Gasteiger partial charge on any atom is -0.150 e. The van der Waals surface area contributed by atoms with Gasteiger partial charge in [0, 0.05) is 10.00 Å². The van der Waals surface area contributed by atoms with Gasteiger partial charge in [0.1, 0.15) is 0 Å². The predicted molar refractivity (Wildman–Crippen MR) is 81.7 cm³/mol. The third-order valence-corrected chi connectivity index (χ3v) is 5.30. The van der Waals surface area contributed by atoms with Gasteiger partial charge in [0.15, 0.2) is 0 Å². The van der Waals surface area contributed by atoms with E-state index in [9.17, 15) is 0 Å². The van der Waals surface area contributed by atoms with Gasteiger partial charge in [0.25, 0.3) is 0 Å². The van der Waals surface area contributed by atoms with Crippen LogP contribution in [0.5, 0.6) is 0 Å². The van der Waals surface area contributed by atoms with Crippen LogP contribution in [0.15, 0.2) is 23.3 Å². The zero-order valence-electron chi connectivity index (χ0n) is 12.2. The van der Waals surface area contributed by atoms with E-state index in [1.807, 2.05) is 0 Å². The van der Waals surface area contributed by atoms with Gasteiger partial charge < -0.3 is 0 Å². The van der Waals surface area contributed by atoms with Crippen LogP contribution in [0, 0.1) is 0 Å². The molecule has 0 aromatic heterocycles. The lowest BCUT2D eigenvalue weighted by Crippen LogP contribution is -2.02. The highest BCUT2D eigenvalue weighted by molar-refractivity contribution is 8.08. The van der Waals surface area contributed by atoms with Gasteiger partial charge in [-0.3, -0.25) is 0 Å². The van der Waals surface area contributed by atoms with Crippen molar-refractivity contribution < 1.29 is 0 Å². The largest absolute Gasteiger partial charge is 0.150 e. The summed E-state index contributed by atoms with van der Waals surface area (Å²) >= 11 is 2.13. The second-order valence-corrected chi connectivity index (χ2v) is 7.65. The molecular formula is C16H28S. The van der Waals surface area contributed by atoms with Crippen molar-refractivity contribution in [2.24, 2.45) is 0 Å². The molecule has 0 aromatic rings. The minimum absolute atomic E-state index is 0.570. The Hall–Kier alpha value is -0.170. The summed E-state index contributed by atoms with van der Waals surface area (Å²) in [4.78, 5) is 0. The van der Waals surface area contributed by atoms with Crippen LogP contribution in [0.2, 0.25) is 0 Å². The monoisotopic (exact) mass is 252 g/mol. The first-order valence-electron chi connectivity index (χ1n) is 6.94. The van der Waals surface area contributed by atoms with Crippen LogP contribution in [0.25, 0.3) is 0 Å². The summed E-state index contributed by atoms with van der Waals surface area (Å²) in [6.45, 7) is 11.5. The molecule has 0 aliphatic carbocycles. The Kier molecular flexibility index (Phi) is 5.85. The summed E-state index contributed by atoms with van der Waals surface area (Å²) in [5.74, 6) is 0. The lowest BCUT2D eigenvalue weighted by Gasteiger charge is -2.03. The van der Waals surface area contributed by atoms with Crippen molar-refractivity contribution in [3.05, 3.63) is 23.3 Å². The Labute approximate surface area is 112 Å². The fraction of sp³-hybridized carbons (Fsp3) is 0.750. The molecule has 0 bridgehead atoms. The van der Waals surface area contributed by atoms with Crippen LogP contribution in [0.3, 0.4) is 0 Å². The van der Waals surface area contributed by atoms with Gasteiger partial charge in [0.2, 0.25) is 0 Å². The van der Waals surface area contributed by atoms with Gasteiger partial charge in [0.05, 0.1) is 0 Å². The second-order valence-electron chi connectivity index (χ2n) is 5.80. The van der Waals surface area contributed by atoms with Crippen LogP contribution < -0.4 is 0 Å². The first kappa shape index (κ1) is 14.9. The van der Waals surface area contributed by atoms with Crippen LogP contribution in [-0.2, 0) is 0 Å².